The topological polar surface area (TPSA) is 55.2 Å². The van der Waals surface area contributed by atoms with Gasteiger partial charge in [-0.05, 0) is 30.7 Å². The third-order valence-electron chi connectivity index (χ3n) is 3.34. The van der Waals surface area contributed by atoms with Gasteiger partial charge in [0.05, 0.1) is 4.92 Å². The number of benzene rings is 2. The molecule has 1 N–H and O–H groups in total. The van der Waals surface area contributed by atoms with Gasteiger partial charge in [0.15, 0.2) is 0 Å². The van der Waals surface area contributed by atoms with Crippen LogP contribution in [-0.4, -0.2) is 11.5 Å². The predicted octanol–water partition coefficient (Wildman–Crippen LogP) is 4.25. The van der Waals surface area contributed by atoms with Gasteiger partial charge in [0.25, 0.3) is 5.69 Å². The van der Waals surface area contributed by atoms with Crippen LogP contribution in [0.3, 0.4) is 0 Å². The Labute approximate surface area is 132 Å². The van der Waals surface area contributed by atoms with E-state index in [1.165, 1.54) is 0 Å². The van der Waals surface area contributed by atoms with Crippen molar-refractivity contribution < 1.29 is 4.92 Å². The summed E-state index contributed by atoms with van der Waals surface area (Å²) >= 11 is 3.42. The molecule has 0 radical (unpaired) electrons. The van der Waals surface area contributed by atoms with Gasteiger partial charge in [-0.1, -0.05) is 53.2 Å². The van der Waals surface area contributed by atoms with Gasteiger partial charge in [-0.2, -0.15) is 0 Å². The zero-order valence-corrected chi connectivity index (χ0v) is 13.3. The molecule has 1 unspecified atom stereocenters. The van der Waals surface area contributed by atoms with Crippen molar-refractivity contribution in [2.75, 3.05) is 6.54 Å². The van der Waals surface area contributed by atoms with Crippen LogP contribution in [0.5, 0.6) is 0 Å². The molecular formula is C16H17BrN2O2. The number of nitro benzene ring substituents is 1. The lowest BCUT2D eigenvalue weighted by atomic mass is 9.98. The first-order valence-electron chi connectivity index (χ1n) is 6.83. The number of halogens is 1. The van der Waals surface area contributed by atoms with Crippen molar-refractivity contribution in [1.82, 2.24) is 5.32 Å². The third kappa shape index (κ3) is 4.12. The summed E-state index contributed by atoms with van der Waals surface area (Å²) in [5.41, 5.74) is 2.05. The molecule has 4 nitrogen and oxygen atoms in total. The van der Waals surface area contributed by atoms with Crippen LogP contribution in [0.4, 0.5) is 5.69 Å². The first-order chi connectivity index (χ1) is 10.1. The Hall–Kier alpha value is -1.72. The normalized spacial score (nSPS) is 12.1. The summed E-state index contributed by atoms with van der Waals surface area (Å²) in [5.74, 6) is 0. The molecule has 0 heterocycles. The van der Waals surface area contributed by atoms with Crippen molar-refractivity contribution in [1.29, 1.82) is 0 Å². The maximum absolute atomic E-state index is 11.1. The minimum absolute atomic E-state index is 0.0594. The second-order valence-electron chi connectivity index (χ2n) is 4.75. The number of nitrogens with zero attached hydrogens (tertiary/aromatic N) is 1. The summed E-state index contributed by atoms with van der Waals surface area (Å²) in [5, 5.41) is 14.5. The Kier molecular flexibility index (Phi) is 5.47. The number of nitro groups is 1. The molecule has 0 saturated carbocycles. The molecule has 0 aromatic heterocycles. The van der Waals surface area contributed by atoms with Crippen molar-refractivity contribution in [3.8, 4) is 0 Å². The van der Waals surface area contributed by atoms with Crippen LogP contribution in [0.25, 0.3) is 0 Å². The highest BCUT2D eigenvalue weighted by Gasteiger charge is 2.18. The largest absolute Gasteiger partial charge is 0.310 e. The highest BCUT2D eigenvalue weighted by molar-refractivity contribution is 9.10. The highest BCUT2D eigenvalue weighted by Crippen LogP contribution is 2.25. The van der Waals surface area contributed by atoms with E-state index in [1.807, 2.05) is 43.3 Å². The molecule has 0 aliphatic carbocycles. The molecule has 1 atom stereocenters. The average molecular weight is 349 g/mol. The quantitative estimate of drug-likeness (QED) is 0.627. The number of nitrogens with one attached hydrogen (secondary N) is 1. The van der Waals surface area contributed by atoms with Crippen LogP contribution in [0, 0.1) is 10.1 Å². The standard InChI is InChI=1S/C16H17BrN2O2/c1-2-18-15(12-7-9-14(17)10-8-12)11-13-5-3-4-6-16(13)19(20)21/h3-10,15,18H,2,11H2,1H3. The van der Waals surface area contributed by atoms with Crippen molar-refractivity contribution in [2.24, 2.45) is 0 Å². The summed E-state index contributed by atoms with van der Waals surface area (Å²) in [7, 11) is 0. The second kappa shape index (κ2) is 7.33. The first-order valence-corrected chi connectivity index (χ1v) is 7.62. The van der Waals surface area contributed by atoms with Gasteiger partial charge in [0.2, 0.25) is 0 Å². The van der Waals surface area contributed by atoms with Crippen LogP contribution >= 0.6 is 15.9 Å². The maximum Gasteiger partial charge on any atom is 0.272 e. The zero-order valence-electron chi connectivity index (χ0n) is 11.8. The van der Waals surface area contributed by atoms with E-state index in [-0.39, 0.29) is 16.7 Å². The van der Waals surface area contributed by atoms with Crippen molar-refractivity contribution in [3.63, 3.8) is 0 Å². The van der Waals surface area contributed by atoms with E-state index in [1.54, 1.807) is 12.1 Å². The predicted molar refractivity (Wildman–Crippen MR) is 87.4 cm³/mol. The molecule has 0 bridgehead atoms. The smallest absolute Gasteiger partial charge is 0.272 e. The van der Waals surface area contributed by atoms with Gasteiger partial charge in [0.1, 0.15) is 0 Å². The molecule has 5 heteroatoms. The lowest BCUT2D eigenvalue weighted by molar-refractivity contribution is -0.385. The molecule has 2 aromatic rings. The van der Waals surface area contributed by atoms with E-state index in [9.17, 15) is 10.1 Å². The van der Waals surface area contributed by atoms with Crippen LogP contribution in [-0.2, 0) is 6.42 Å². The fourth-order valence-corrected chi connectivity index (χ4v) is 2.60. The molecular weight excluding hydrogens is 332 g/mol. The summed E-state index contributed by atoms with van der Waals surface area (Å²) < 4.78 is 1.02. The molecule has 0 aliphatic heterocycles. The first kappa shape index (κ1) is 15.7. The minimum Gasteiger partial charge on any atom is -0.310 e. The molecule has 0 spiro atoms. The molecule has 2 rings (SSSR count). The van der Waals surface area contributed by atoms with Crippen molar-refractivity contribution >= 4 is 21.6 Å². The molecule has 0 aliphatic rings. The van der Waals surface area contributed by atoms with Crippen molar-refractivity contribution in [3.05, 3.63) is 74.2 Å². The lowest BCUT2D eigenvalue weighted by Crippen LogP contribution is -2.23. The van der Waals surface area contributed by atoms with E-state index in [0.717, 1.165) is 22.1 Å². The Morgan fingerprint density at radius 3 is 2.48 bits per heavy atom. The number of hydrogen-bond donors (Lipinski definition) is 1. The second-order valence-corrected chi connectivity index (χ2v) is 5.67. The summed E-state index contributed by atoms with van der Waals surface area (Å²) in [6.07, 6.45) is 0.590. The van der Waals surface area contributed by atoms with E-state index < -0.39 is 0 Å². The molecule has 0 fully saturated rings. The van der Waals surface area contributed by atoms with Crippen molar-refractivity contribution in [2.45, 2.75) is 19.4 Å². The van der Waals surface area contributed by atoms with Crippen LogP contribution in [0.2, 0.25) is 0 Å². The number of hydrogen-bond acceptors (Lipinski definition) is 3. The fraction of sp³-hybridized carbons (Fsp3) is 0.250. The van der Waals surface area contributed by atoms with E-state index in [4.69, 9.17) is 0 Å². The molecule has 2 aromatic carbocycles. The lowest BCUT2D eigenvalue weighted by Gasteiger charge is -2.18. The molecule has 0 amide bonds. The molecule has 21 heavy (non-hydrogen) atoms. The Bertz CT molecular complexity index is 614. The van der Waals surface area contributed by atoms with Crippen LogP contribution in [0.1, 0.15) is 24.1 Å². The molecule has 110 valence electrons. The SMILES string of the molecule is CCNC(Cc1ccccc1[N+](=O)[O-])c1ccc(Br)cc1. The van der Waals surface area contributed by atoms with Gasteiger partial charge in [-0.3, -0.25) is 10.1 Å². The van der Waals surface area contributed by atoms with Crippen LogP contribution in [0.15, 0.2) is 53.0 Å². The Morgan fingerprint density at radius 1 is 1.19 bits per heavy atom. The highest BCUT2D eigenvalue weighted by atomic mass is 79.9. The summed E-state index contributed by atoms with van der Waals surface area (Å²) in [4.78, 5) is 10.8. The third-order valence-corrected chi connectivity index (χ3v) is 3.86. The van der Waals surface area contributed by atoms with E-state index in [2.05, 4.69) is 21.2 Å². The van der Waals surface area contributed by atoms with E-state index >= 15 is 0 Å². The van der Waals surface area contributed by atoms with Gasteiger partial charge in [0, 0.05) is 22.1 Å². The summed E-state index contributed by atoms with van der Waals surface area (Å²) in [6.45, 7) is 2.84. The number of para-hydroxylation sites is 1. The fourth-order valence-electron chi connectivity index (χ4n) is 2.33. The minimum atomic E-state index is -0.320. The summed E-state index contributed by atoms with van der Waals surface area (Å²) in [6, 6.07) is 15.0. The average Bonchev–Trinajstić information content (AvgIpc) is 2.48. The number of likely N-dealkylation sites (N-methyl/N-ethyl adjacent to an activating group) is 1. The Morgan fingerprint density at radius 2 is 1.86 bits per heavy atom. The van der Waals surface area contributed by atoms with E-state index in [0.29, 0.717) is 6.42 Å². The van der Waals surface area contributed by atoms with Gasteiger partial charge in [-0.25, -0.2) is 0 Å². The number of rotatable bonds is 6. The zero-order chi connectivity index (χ0) is 15.2. The van der Waals surface area contributed by atoms with Gasteiger partial charge < -0.3 is 5.32 Å². The van der Waals surface area contributed by atoms with Crippen LogP contribution < -0.4 is 5.32 Å². The maximum atomic E-state index is 11.1. The van der Waals surface area contributed by atoms with Gasteiger partial charge in [-0.15, -0.1) is 0 Å². The Balaban J connectivity index is 2.28. The monoisotopic (exact) mass is 348 g/mol. The molecule has 0 saturated heterocycles. The van der Waals surface area contributed by atoms with Gasteiger partial charge >= 0.3 is 0 Å².